The number of hydrogen-bond acceptors (Lipinski definition) is 3. The Morgan fingerprint density at radius 1 is 1.60 bits per heavy atom. The summed E-state index contributed by atoms with van der Waals surface area (Å²) in [5.74, 6) is -1.54. The molecule has 1 aliphatic carbocycles. The molecule has 0 aromatic carbocycles. The van der Waals surface area contributed by atoms with Gasteiger partial charge >= 0.3 is 5.97 Å². The second kappa shape index (κ2) is 4.18. The van der Waals surface area contributed by atoms with Crippen molar-refractivity contribution in [3.8, 4) is 0 Å². The van der Waals surface area contributed by atoms with Crippen LogP contribution in [0.1, 0.15) is 26.7 Å². The van der Waals surface area contributed by atoms with Crippen LogP contribution in [0.4, 0.5) is 0 Å². The van der Waals surface area contributed by atoms with Gasteiger partial charge in [0.15, 0.2) is 0 Å². The summed E-state index contributed by atoms with van der Waals surface area (Å²) < 4.78 is 0. The second-order valence-electron chi connectivity index (χ2n) is 4.41. The predicted molar refractivity (Wildman–Crippen MR) is 55.1 cm³/mol. The molecule has 0 saturated heterocycles. The number of aliphatic carboxylic acids is 1. The molecule has 0 heterocycles. The average molecular weight is 214 g/mol. The Morgan fingerprint density at radius 2 is 2.13 bits per heavy atom. The molecule has 5 nitrogen and oxygen atoms in total. The van der Waals surface area contributed by atoms with Crippen molar-refractivity contribution in [3.63, 3.8) is 0 Å². The Balaban J connectivity index is 2.67. The van der Waals surface area contributed by atoms with Crippen molar-refractivity contribution in [1.82, 2.24) is 5.32 Å². The number of nitrogens with one attached hydrogen (secondary N) is 1. The fourth-order valence-corrected chi connectivity index (χ4v) is 1.48. The predicted octanol–water partition coefficient (Wildman–Crippen LogP) is -0.0493. The molecule has 86 valence electrons. The van der Waals surface area contributed by atoms with Crippen molar-refractivity contribution in [2.75, 3.05) is 6.54 Å². The van der Waals surface area contributed by atoms with Gasteiger partial charge in [-0.05, 0) is 25.7 Å². The summed E-state index contributed by atoms with van der Waals surface area (Å²) in [6, 6.07) is 0. The van der Waals surface area contributed by atoms with Crippen LogP contribution in [0.5, 0.6) is 0 Å². The van der Waals surface area contributed by atoms with E-state index in [9.17, 15) is 9.59 Å². The Morgan fingerprint density at radius 3 is 2.47 bits per heavy atom. The minimum Gasteiger partial charge on any atom is -0.480 e. The molecular weight excluding hydrogens is 196 g/mol. The van der Waals surface area contributed by atoms with Gasteiger partial charge in [0.25, 0.3) is 0 Å². The van der Waals surface area contributed by atoms with Crippen molar-refractivity contribution < 1.29 is 14.7 Å². The van der Waals surface area contributed by atoms with Crippen LogP contribution in [0.15, 0.2) is 0 Å². The topological polar surface area (TPSA) is 92.4 Å². The van der Waals surface area contributed by atoms with Gasteiger partial charge in [0.05, 0.1) is 0 Å². The van der Waals surface area contributed by atoms with E-state index in [1.54, 1.807) is 13.8 Å². The number of carboxylic acids is 1. The first-order valence-corrected chi connectivity index (χ1v) is 5.17. The molecule has 1 aliphatic rings. The third-order valence-electron chi connectivity index (χ3n) is 3.02. The van der Waals surface area contributed by atoms with Gasteiger partial charge in [-0.2, -0.15) is 0 Å². The molecule has 4 N–H and O–H groups in total. The van der Waals surface area contributed by atoms with Crippen molar-refractivity contribution >= 4 is 11.9 Å². The maximum Gasteiger partial charge on any atom is 0.329 e. The molecule has 0 aromatic heterocycles. The lowest BCUT2D eigenvalue weighted by Gasteiger charge is -2.27. The van der Waals surface area contributed by atoms with Crippen LogP contribution in [-0.2, 0) is 9.59 Å². The minimum absolute atomic E-state index is 0.0592. The highest BCUT2D eigenvalue weighted by Gasteiger charge is 2.48. The quantitative estimate of drug-likeness (QED) is 0.598. The van der Waals surface area contributed by atoms with Crippen molar-refractivity contribution in [2.45, 2.75) is 32.2 Å². The molecule has 1 rings (SSSR count). The zero-order chi connectivity index (χ0) is 11.6. The molecule has 2 unspecified atom stereocenters. The molecule has 2 atom stereocenters. The van der Waals surface area contributed by atoms with E-state index < -0.39 is 11.5 Å². The number of nitrogens with two attached hydrogens (primary N) is 1. The maximum absolute atomic E-state index is 11.6. The van der Waals surface area contributed by atoms with E-state index in [0.717, 1.165) is 12.8 Å². The highest BCUT2D eigenvalue weighted by atomic mass is 16.4. The molecule has 0 radical (unpaired) electrons. The van der Waals surface area contributed by atoms with Gasteiger partial charge in [-0.25, -0.2) is 4.79 Å². The Bertz CT molecular complexity index is 276. The monoisotopic (exact) mass is 214 g/mol. The first-order valence-electron chi connectivity index (χ1n) is 5.17. The summed E-state index contributed by atoms with van der Waals surface area (Å²) in [5, 5.41) is 11.7. The number of rotatable bonds is 5. The Hall–Kier alpha value is -1.10. The van der Waals surface area contributed by atoms with Gasteiger partial charge in [-0.1, -0.05) is 6.92 Å². The number of hydrogen-bond donors (Lipinski definition) is 3. The van der Waals surface area contributed by atoms with Gasteiger partial charge in [-0.3, -0.25) is 4.79 Å². The third-order valence-corrected chi connectivity index (χ3v) is 3.02. The number of carbonyl (C=O) groups is 2. The Kier molecular flexibility index (Phi) is 3.34. The number of carbonyl (C=O) groups excluding carboxylic acids is 1. The highest BCUT2D eigenvalue weighted by molar-refractivity contribution is 5.88. The summed E-state index contributed by atoms with van der Waals surface area (Å²) in [6.45, 7) is 3.48. The summed E-state index contributed by atoms with van der Waals surface area (Å²) in [5.41, 5.74) is 4.23. The number of amides is 1. The van der Waals surface area contributed by atoms with Gasteiger partial charge in [0.1, 0.15) is 5.54 Å². The molecule has 1 saturated carbocycles. The van der Waals surface area contributed by atoms with Gasteiger partial charge in [0, 0.05) is 12.5 Å². The van der Waals surface area contributed by atoms with Crippen molar-refractivity contribution in [1.29, 1.82) is 0 Å². The SMILES string of the molecule is CC(CN)C(=O)NC(C)(C(=O)O)C1CC1. The van der Waals surface area contributed by atoms with Crippen LogP contribution in [0, 0.1) is 11.8 Å². The Labute approximate surface area is 89.0 Å². The fraction of sp³-hybridized carbons (Fsp3) is 0.800. The lowest BCUT2D eigenvalue weighted by atomic mass is 9.95. The van der Waals surface area contributed by atoms with Gasteiger partial charge in [0.2, 0.25) is 5.91 Å². The smallest absolute Gasteiger partial charge is 0.329 e. The maximum atomic E-state index is 11.6. The molecule has 1 fully saturated rings. The van der Waals surface area contributed by atoms with E-state index in [1.807, 2.05) is 0 Å². The largest absolute Gasteiger partial charge is 0.480 e. The van der Waals surface area contributed by atoms with Gasteiger partial charge < -0.3 is 16.2 Å². The van der Waals surface area contributed by atoms with E-state index in [1.165, 1.54) is 0 Å². The summed E-state index contributed by atoms with van der Waals surface area (Å²) in [6.07, 6.45) is 1.72. The van der Waals surface area contributed by atoms with Crippen LogP contribution < -0.4 is 11.1 Å². The zero-order valence-corrected chi connectivity index (χ0v) is 9.12. The molecule has 0 spiro atoms. The van der Waals surface area contributed by atoms with Crippen LogP contribution in [0.2, 0.25) is 0 Å². The van der Waals surface area contributed by atoms with Gasteiger partial charge in [-0.15, -0.1) is 0 Å². The van der Waals surface area contributed by atoms with Crippen LogP contribution in [0.25, 0.3) is 0 Å². The molecule has 0 bridgehead atoms. The van der Waals surface area contributed by atoms with E-state index in [-0.39, 0.29) is 24.3 Å². The van der Waals surface area contributed by atoms with Crippen molar-refractivity contribution in [2.24, 2.45) is 17.6 Å². The third kappa shape index (κ3) is 2.47. The minimum atomic E-state index is -1.12. The molecule has 1 amide bonds. The van der Waals surface area contributed by atoms with E-state index in [2.05, 4.69) is 5.32 Å². The first-order chi connectivity index (χ1) is 6.91. The first kappa shape index (κ1) is 12.0. The van der Waals surface area contributed by atoms with Crippen LogP contribution >= 0.6 is 0 Å². The lowest BCUT2D eigenvalue weighted by Crippen LogP contribution is -2.55. The highest BCUT2D eigenvalue weighted by Crippen LogP contribution is 2.39. The molecule has 5 heteroatoms. The molecule has 0 aromatic rings. The second-order valence-corrected chi connectivity index (χ2v) is 4.41. The number of carboxylic acid groups (broad SMARTS) is 1. The van der Waals surface area contributed by atoms with Crippen LogP contribution in [-0.4, -0.2) is 29.1 Å². The van der Waals surface area contributed by atoms with Crippen LogP contribution in [0.3, 0.4) is 0 Å². The molecular formula is C10H18N2O3. The standard InChI is InChI=1S/C10H18N2O3/c1-6(5-11)8(13)12-10(2,9(14)15)7-3-4-7/h6-7H,3-5,11H2,1-2H3,(H,12,13)(H,14,15). The van der Waals surface area contributed by atoms with E-state index in [4.69, 9.17) is 10.8 Å². The summed E-state index contributed by atoms with van der Waals surface area (Å²) in [7, 11) is 0. The van der Waals surface area contributed by atoms with E-state index in [0.29, 0.717) is 0 Å². The van der Waals surface area contributed by atoms with E-state index >= 15 is 0 Å². The fourth-order valence-electron chi connectivity index (χ4n) is 1.48. The lowest BCUT2D eigenvalue weighted by molar-refractivity contribution is -0.148. The normalized spacial score (nSPS) is 21.5. The van der Waals surface area contributed by atoms with Crippen molar-refractivity contribution in [3.05, 3.63) is 0 Å². The summed E-state index contributed by atoms with van der Waals surface area (Å²) >= 11 is 0. The molecule has 15 heavy (non-hydrogen) atoms. The average Bonchev–Trinajstić information content (AvgIpc) is 2.99. The summed E-state index contributed by atoms with van der Waals surface area (Å²) in [4.78, 5) is 22.7. The zero-order valence-electron chi connectivity index (χ0n) is 9.12. The molecule has 0 aliphatic heterocycles.